The maximum absolute atomic E-state index is 12.9. The number of thioether (sulfide) groups is 1. The molecule has 1 fully saturated rings. The second kappa shape index (κ2) is 8.04. The van der Waals surface area contributed by atoms with E-state index >= 15 is 0 Å². The Balaban J connectivity index is 1.88. The molecule has 1 aromatic carbocycles. The lowest BCUT2D eigenvalue weighted by atomic mass is 10.0. The summed E-state index contributed by atoms with van der Waals surface area (Å²) in [7, 11) is 0. The van der Waals surface area contributed by atoms with E-state index in [9.17, 15) is 9.18 Å². The number of halogens is 1. The first-order valence-corrected chi connectivity index (χ1v) is 9.15. The molecule has 0 spiro atoms. The van der Waals surface area contributed by atoms with Crippen molar-refractivity contribution >= 4 is 17.7 Å². The summed E-state index contributed by atoms with van der Waals surface area (Å²) < 4.78 is 18.6. The van der Waals surface area contributed by atoms with Crippen molar-refractivity contribution in [3.8, 4) is 5.75 Å². The van der Waals surface area contributed by atoms with E-state index in [1.54, 1.807) is 12.1 Å². The zero-order chi connectivity index (χ0) is 16.9. The van der Waals surface area contributed by atoms with E-state index in [2.05, 4.69) is 20.8 Å². The highest BCUT2D eigenvalue weighted by Gasteiger charge is 2.28. The minimum absolute atomic E-state index is 0.0162. The van der Waals surface area contributed by atoms with Gasteiger partial charge in [-0.05, 0) is 43.5 Å². The molecule has 0 aliphatic carbocycles. The fourth-order valence-electron chi connectivity index (χ4n) is 2.61. The molecule has 1 aromatic rings. The van der Waals surface area contributed by atoms with Crippen LogP contribution in [0, 0.1) is 5.82 Å². The average molecular weight is 339 g/mol. The van der Waals surface area contributed by atoms with Crippen LogP contribution in [0.5, 0.6) is 5.75 Å². The third-order valence-corrected chi connectivity index (χ3v) is 5.25. The lowest BCUT2D eigenvalue weighted by Gasteiger charge is -2.36. The molecule has 23 heavy (non-hydrogen) atoms. The Morgan fingerprint density at radius 3 is 2.65 bits per heavy atom. The van der Waals surface area contributed by atoms with Crippen LogP contribution in [-0.4, -0.2) is 40.5 Å². The lowest BCUT2D eigenvalue weighted by Crippen LogP contribution is -2.47. The van der Waals surface area contributed by atoms with Gasteiger partial charge in [-0.25, -0.2) is 4.39 Å². The monoisotopic (exact) mass is 339 g/mol. The molecule has 3 nitrogen and oxygen atoms in total. The van der Waals surface area contributed by atoms with E-state index in [-0.39, 0.29) is 29.1 Å². The first-order valence-electron chi connectivity index (χ1n) is 8.17. The molecule has 5 heteroatoms. The van der Waals surface area contributed by atoms with E-state index in [0.29, 0.717) is 5.75 Å². The van der Waals surface area contributed by atoms with E-state index < -0.39 is 0 Å². The first-order chi connectivity index (χ1) is 10.8. The van der Waals surface area contributed by atoms with Gasteiger partial charge in [-0.3, -0.25) is 4.79 Å². The zero-order valence-corrected chi connectivity index (χ0v) is 15.0. The van der Waals surface area contributed by atoms with Crippen molar-refractivity contribution in [2.45, 2.75) is 50.8 Å². The SMILES string of the molecule is CC(C)(C)SC[C@H]1CCCCN1C(=O)COc1ccc(F)cc1. The number of amides is 1. The summed E-state index contributed by atoms with van der Waals surface area (Å²) in [5, 5.41) is 0. The van der Waals surface area contributed by atoms with Crippen molar-refractivity contribution in [2.75, 3.05) is 18.9 Å². The fourth-order valence-corrected chi connectivity index (χ4v) is 3.65. The van der Waals surface area contributed by atoms with Crippen molar-refractivity contribution in [2.24, 2.45) is 0 Å². The Hall–Kier alpha value is -1.23. The summed E-state index contributed by atoms with van der Waals surface area (Å²) in [6.45, 7) is 7.42. The Bertz CT molecular complexity index is 513. The highest BCUT2D eigenvalue weighted by atomic mass is 32.2. The quantitative estimate of drug-likeness (QED) is 0.808. The van der Waals surface area contributed by atoms with Crippen LogP contribution >= 0.6 is 11.8 Å². The summed E-state index contributed by atoms with van der Waals surface area (Å²) >= 11 is 1.90. The maximum Gasteiger partial charge on any atom is 0.260 e. The highest BCUT2D eigenvalue weighted by molar-refractivity contribution is 8.00. The number of carbonyl (C=O) groups excluding carboxylic acids is 1. The number of likely N-dealkylation sites (tertiary alicyclic amines) is 1. The molecule has 0 aromatic heterocycles. The molecule has 0 saturated carbocycles. The van der Waals surface area contributed by atoms with Crippen molar-refractivity contribution in [3.63, 3.8) is 0 Å². The molecule has 0 unspecified atom stereocenters. The summed E-state index contributed by atoms with van der Waals surface area (Å²) in [6, 6.07) is 6.06. The number of hydrogen-bond acceptors (Lipinski definition) is 3. The standard InChI is InChI=1S/C18H26FNO2S/c1-18(2,3)23-13-15-6-4-5-11-20(15)17(21)12-22-16-9-7-14(19)8-10-16/h7-10,15H,4-6,11-13H2,1-3H3/t15-/m1/s1. The number of benzene rings is 1. The van der Waals surface area contributed by atoms with Gasteiger partial charge in [0.05, 0.1) is 0 Å². The van der Waals surface area contributed by atoms with Crippen molar-refractivity contribution in [3.05, 3.63) is 30.1 Å². The van der Waals surface area contributed by atoms with Gasteiger partial charge in [-0.2, -0.15) is 11.8 Å². The number of nitrogens with zero attached hydrogens (tertiary/aromatic N) is 1. The fraction of sp³-hybridized carbons (Fsp3) is 0.611. The molecule has 0 radical (unpaired) electrons. The van der Waals surface area contributed by atoms with Crippen molar-refractivity contribution in [1.29, 1.82) is 0 Å². The molecule has 2 rings (SSSR count). The zero-order valence-electron chi connectivity index (χ0n) is 14.2. The largest absolute Gasteiger partial charge is 0.484 e. The Kier molecular flexibility index (Phi) is 6.33. The molecule has 1 atom stereocenters. The molecule has 0 N–H and O–H groups in total. The van der Waals surface area contributed by atoms with E-state index in [4.69, 9.17) is 4.74 Å². The second-order valence-electron chi connectivity index (χ2n) is 6.90. The summed E-state index contributed by atoms with van der Waals surface area (Å²) in [4.78, 5) is 14.5. The summed E-state index contributed by atoms with van der Waals surface area (Å²) in [5.74, 6) is 1.20. The van der Waals surface area contributed by atoms with Crippen molar-refractivity contribution in [1.82, 2.24) is 4.90 Å². The molecule has 1 heterocycles. The third-order valence-electron chi connectivity index (χ3n) is 3.83. The van der Waals surface area contributed by atoms with E-state index in [1.807, 2.05) is 16.7 Å². The highest BCUT2D eigenvalue weighted by Crippen LogP contribution is 2.28. The van der Waals surface area contributed by atoms with Gasteiger partial charge in [0.1, 0.15) is 11.6 Å². The van der Waals surface area contributed by atoms with E-state index in [0.717, 1.165) is 25.1 Å². The second-order valence-corrected chi connectivity index (χ2v) is 8.75. The predicted octanol–water partition coefficient (Wildman–Crippen LogP) is 4.12. The number of ether oxygens (including phenoxy) is 1. The van der Waals surface area contributed by atoms with Gasteiger partial charge >= 0.3 is 0 Å². The predicted molar refractivity (Wildman–Crippen MR) is 93.5 cm³/mol. The Labute approximate surface area is 142 Å². The van der Waals surface area contributed by atoms with Crippen LogP contribution in [0.2, 0.25) is 0 Å². The number of hydrogen-bond donors (Lipinski definition) is 0. The molecule has 1 saturated heterocycles. The summed E-state index contributed by atoms with van der Waals surface area (Å²) in [5.41, 5.74) is 0. The van der Waals surface area contributed by atoms with Crippen LogP contribution < -0.4 is 4.74 Å². The first kappa shape index (κ1) is 18.1. The smallest absolute Gasteiger partial charge is 0.260 e. The van der Waals surface area contributed by atoms with Crippen LogP contribution in [0.25, 0.3) is 0 Å². The van der Waals surface area contributed by atoms with Gasteiger partial charge in [-0.15, -0.1) is 0 Å². The van der Waals surface area contributed by atoms with Crippen LogP contribution in [0.1, 0.15) is 40.0 Å². The van der Waals surface area contributed by atoms with Gasteiger partial charge in [-0.1, -0.05) is 20.8 Å². The van der Waals surface area contributed by atoms with Gasteiger partial charge < -0.3 is 9.64 Å². The lowest BCUT2D eigenvalue weighted by molar-refractivity contribution is -0.136. The van der Waals surface area contributed by atoms with Gasteiger partial charge in [0, 0.05) is 23.1 Å². The van der Waals surface area contributed by atoms with Crippen molar-refractivity contribution < 1.29 is 13.9 Å². The van der Waals surface area contributed by atoms with Crippen LogP contribution in [0.15, 0.2) is 24.3 Å². The Morgan fingerprint density at radius 1 is 1.30 bits per heavy atom. The average Bonchev–Trinajstić information content (AvgIpc) is 2.52. The maximum atomic E-state index is 12.9. The number of carbonyl (C=O) groups is 1. The van der Waals surface area contributed by atoms with Crippen LogP contribution in [-0.2, 0) is 4.79 Å². The number of piperidine rings is 1. The van der Waals surface area contributed by atoms with Gasteiger partial charge in [0.25, 0.3) is 5.91 Å². The molecule has 128 valence electrons. The molecule has 0 bridgehead atoms. The van der Waals surface area contributed by atoms with Gasteiger partial charge in [0.2, 0.25) is 0 Å². The van der Waals surface area contributed by atoms with Gasteiger partial charge in [0.15, 0.2) is 6.61 Å². The minimum atomic E-state index is -0.307. The molecular weight excluding hydrogens is 313 g/mol. The molecule has 1 aliphatic heterocycles. The topological polar surface area (TPSA) is 29.5 Å². The van der Waals surface area contributed by atoms with Crippen LogP contribution in [0.4, 0.5) is 4.39 Å². The Morgan fingerprint density at radius 2 is 2.00 bits per heavy atom. The normalized spacial score (nSPS) is 18.8. The molecule has 1 amide bonds. The molecular formula is C18H26FNO2S. The number of rotatable bonds is 5. The third kappa shape index (κ3) is 6.05. The summed E-state index contributed by atoms with van der Waals surface area (Å²) in [6.07, 6.45) is 3.29. The van der Waals surface area contributed by atoms with Crippen LogP contribution in [0.3, 0.4) is 0 Å². The minimum Gasteiger partial charge on any atom is -0.484 e. The van der Waals surface area contributed by atoms with E-state index in [1.165, 1.54) is 18.6 Å². The molecule has 1 aliphatic rings.